The molecule has 0 saturated heterocycles. The second kappa shape index (κ2) is 6.33. The summed E-state index contributed by atoms with van der Waals surface area (Å²) in [6, 6.07) is 7.17. The number of nitrogens with zero attached hydrogens (tertiary/aromatic N) is 2. The average molecular weight is 282 g/mol. The van der Waals surface area contributed by atoms with E-state index in [1.165, 1.54) is 0 Å². The smallest absolute Gasteiger partial charge is 0.255 e. The zero-order valence-electron chi connectivity index (χ0n) is 10.4. The van der Waals surface area contributed by atoms with Crippen LogP contribution in [-0.4, -0.2) is 16.5 Å². The molecular weight excluding hydrogens is 269 g/mol. The van der Waals surface area contributed by atoms with Gasteiger partial charge in [0.05, 0.1) is 6.20 Å². The lowest BCUT2D eigenvalue weighted by Crippen LogP contribution is -2.06. The van der Waals surface area contributed by atoms with Crippen LogP contribution in [-0.2, 0) is 6.61 Å². The molecule has 100 valence electrons. The fraction of sp³-hybridized carbons (Fsp3) is 0.231. The fourth-order valence-electron chi connectivity index (χ4n) is 1.47. The van der Waals surface area contributed by atoms with E-state index in [0.717, 1.165) is 11.8 Å². The monoisotopic (exact) mass is 281 g/mol. The molecule has 0 amide bonds. The molecule has 0 aliphatic rings. The van der Waals surface area contributed by atoms with E-state index in [-0.39, 0.29) is 12.5 Å². The number of rotatable bonds is 5. The highest BCUT2D eigenvalue weighted by Gasteiger charge is 2.08. The molecular formula is C13H13ClFN3O. The van der Waals surface area contributed by atoms with Gasteiger partial charge in [-0.25, -0.2) is 4.98 Å². The predicted molar refractivity (Wildman–Crippen MR) is 71.9 cm³/mol. The van der Waals surface area contributed by atoms with E-state index in [1.807, 2.05) is 13.0 Å². The Hall–Kier alpha value is -1.88. The molecule has 0 saturated carbocycles. The lowest BCUT2D eigenvalue weighted by atomic mass is 10.2. The Morgan fingerprint density at radius 1 is 1.42 bits per heavy atom. The Morgan fingerprint density at radius 2 is 2.26 bits per heavy atom. The summed E-state index contributed by atoms with van der Waals surface area (Å²) in [5.41, 5.74) is 0.843. The zero-order chi connectivity index (χ0) is 13.7. The molecule has 2 aromatic rings. The summed E-state index contributed by atoms with van der Waals surface area (Å²) >= 11 is 5.86. The first-order chi connectivity index (χ1) is 9.19. The number of hydrogen-bond donors (Lipinski definition) is 1. The molecule has 0 aliphatic carbocycles. The van der Waals surface area contributed by atoms with Gasteiger partial charge < -0.3 is 10.1 Å². The lowest BCUT2D eigenvalue weighted by molar-refractivity contribution is 0.276. The van der Waals surface area contributed by atoms with Gasteiger partial charge in [0.1, 0.15) is 6.61 Å². The summed E-state index contributed by atoms with van der Waals surface area (Å²) in [6.45, 7) is 2.75. The standard InChI is InChI=1S/C13H13ClFN3O/c1-2-16-13-17-7-11(15)12(18-13)19-8-9-4-3-5-10(14)6-9/h3-7H,2,8H2,1H3,(H,16,17,18). The van der Waals surface area contributed by atoms with Crippen molar-refractivity contribution in [1.29, 1.82) is 0 Å². The second-order valence-electron chi connectivity index (χ2n) is 3.80. The van der Waals surface area contributed by atoms with Crippen LogP contribution in [0.3, 0.4) is 0 Å². The van der Waals surface area contributed by atoms with Crippen molar-refractivity contribution in [2.75, 3.05) is 11.9 Å². The van der Waals surface area contributed by atoms with E-state index in [4.69, 9.17) is 16.3 Å². The molecule has 1 aromatic carbocycles. The van der Waals surface area contributed by atoms with Gasteiger partial charge in [-0.1, -0.05) is 23.7 Å². The van der Waals surface area contributed by atoms with E-state index in [1.54, 1.807) is 18.2 Å². The Morgan fingerprint density at radius 3 is 3.00 bits per heavy atom. The minimum absolute atomic E-state index is 0.0778. The second-order valence-corrected chi connectivity index (χ2v) is 4.23. The molecule has 6 heteroatoms. The topological polar surface area (TPSA) is 47.0 Å². The molecule has 1 aromatic heterocycles. The third-order valence-electron chi connectivity index (χ3n) is 2.31. The van der Waals surface area contributed by atoms with E-state index in [2.05, 4.69) is 15.3 Å². The molecule has 0 spiro atoms. The largest absolute Gasteiger partial charge is 0.471 e. The average Bonchev–Trinajstić information content (AvgIpc) is 2.40. The summed E-state index contributed by atoms with van der Waals surface area (Å²) in [4.78, 5) is 7.75. The van der Waals surface area contributed by atoms with Gasteiger partial charge in [-0.3, -0.25) is 0 Å². The van der Waals surface area contributed by atoms with Gasteiger partial charge in [-0.05, 0) is 24.6 Å². The highest BCUT2D eigenvalue weighted by Crippen LogP contribution is 2.17. The molecule has 4 nitrogen and oxygen atoms in total. The minimum Gasteiger partial charge on any atom is -0.471 e. The minimum atomic E-state index is -0.594. The van der Waals surface area contributed by atoms with Crippen LogP contribution < -0.4 is 10.1 Å². The van der Waals surface area contributed by atoms with E-state index >= 15 is 0 Å². The third-order valence-corrected chi connectivity index (χ3v) is 2.55. The summed E-state index contributed by atoms with van der Waals surface area (Å²) in [5.74, 6) is -0.334. The van der Waals surface area contributed by atoms with E-state index < -0.39 is 5.82 Å². The zero-order valence-corrected chi connectivity index (χ0v) is 11.1. The lowest BCUT2D eigenvalue weighted by Gasteiger charge is -2.08. The van der Waals surface area contributed by atoms with Gasteiger partial charge in [0.25, 0.3) is 5.88 Å². The predicted octanol–water partition coefficient (Wildman–Crippen LogP) is 3.28. The number of nitrogens with one attached hydrogen (secondary N) is 1. The number of aromatic nitrogens is 2. The van der Waals surface area contributed by atoms with E-state index in [9.17, 15) is 4.39 Å². The highest BCUT2D eigenvalue weighted by molar-refractivity contribution is 6.30. The van der Waals surface area contributed by atoms with Gasteiger partial charge in [0.15, 0.2) is 0 Å². The first kappa shape index (κ1) is 13.5. The SMILES string of the molecule is CCNc1ncc(F)c(OCc2cccc(Cl)c2)n1. The maximum Gasteiger partial charge on any atom is 0.255 e. The molecule has 0 bridgehead atoms. The van der Waals surface area contributed by atoms with Crippen molar-refractivity contribution in [2.24, 2.45) is 0 Å². The maximum absolute atomic E-state index is 13.5. The van der Waals surface area contributed by atoms with Crippen molar-refractivity contribution in [3.05, 3.63) is 46.9 Å². The molecule has 0 fully saturated rings. The molecule has 2 rings (SSSR count). The van der Waals surface area contributed by atoms with Crippen LogP contribution in [0.5, 0.6) is 5.88 Å². The highest BCUT2D eigenvalue weighted by atomic mass is 35.5. The number of hydrogen-bond acceptors (Lipinski definition) is 4. The number of anilines is 1. The third kappa shape index (κ3) is 3.79. The van der Waals surface area contributed by atoms with Crippen molar-refractivity contribution in [2.45, 2.75) is 13.5 Å². The fourth-order valence-corrected chi connectivity index (χ4v) is 1.69. The van der Waals surface area contributed by atoms with Gasteiger partial charge in [-0.2, -0.15) is 9.37 Å². The van der Waals surface area contributed by atoms with Crippen molar-refractivity contribution in [3.63, 3.8) is 0 Å². The van der Waals surface area contributed by atoms with E-state index in [0.29, 0.717) is 17.5 Å². The normalized spacial score (nSPS) is 10.3. The van der Waals surface area contributed by atoms with Crippen LogP contribution in [0.2, 0.25) is 5.02 Å². The van der Waals surface area contributed by atoms with Crippen molar-refractivity contribution < 1.29 is 9.13 Å². The summed E-state index contributed by atoms with van der Waals surface area (Å²) in [6.07, 6.45) is 1.08. The Labute approximate surface area is 115 Å². The first-order valence-electron chi connectivity index (χ1n) is 5.82. The number of ether oxygens (including phenoxy) is 1. The molecule has 1 N–H and O–H groups in total. The quantitative estimate of drug-likeness (QED) is 0.914. The number of benzene rings is 1. The van der Waals surface area contributed by atoms with Gasteiger partial charge in [0.2, 0.25) is 11.8 Å². The van der Waals surface area contributed by atoms with Crippen molar-refractivity contribution in [1.82, 2.24) is 9.97 Å². The van der Waals surface area contributed by atoms with Crippen LogP contribution in [0.1, 0.15) is 12.5 Å². The van der Waals surface area contributed by atoms with Crippen molar-refractivity contribution in [3.8, 4) is 5.88 Å². The molecule has 1 heterocycles. The van der Waals surface area contributed by atoms with Crippen molar-refractivity contribution >= 4 is 17.5 Å². The van der Waals surface area contributed by atoms with Crippen LogP contribution >= 0.6 is 11.6 Å². The number of halogens is 2. The Kier molecular flexibility index (Phi) is 4.52. The van der Waals surface area contributed by atoms with Crippen LogP contribution in [0.25, 0.3) is 0 Å². The van der Waals surface area contributed by atoms with Gasteiger partial charge >= 0.3 is 0 Å². The summed E-state index contributed by atoms with van der Waals surface area (Å²) < 4.78 is 18.8. The maximum atomic E-state index is 13.5. The summed E-state index contributed by atoms with van der Waals surface area (Å²) in [7, 11) is 0. The Bertz CT molecular complexity index is 565. The Balaban J connectivity index is 2.08. The molecule has 0 radical (unpaired) electrons. The van der Waals surface area contributed by atoms with Crippen LogP contribution in [0.4, 0.5) is 10.3 Å². The van der Waals surface area contributed by atoms with Crippen LogP contribution in [0, 0.1) is 5.82 Å². The van der Waals surface area contributed by atoms with Gasteiger partial charge in [0, 0.05) is 11.6 Å². The van der Waals surface area contributed by atoms with Gasteiger partial charge in [-0.15, -0.1) is 0 Å². The molecule has 0 atom stereocenters. The molecule has 0 unspecified atom stereocenters. The van der Waals surface area contributed by atoms with Crippen LogP contribution in [0.15, 0.2) is 30.5 Å². The summed E-state index contributed by atoms with van der Waals surface area (Å²) in [5, 5.41) is 3.50. The molecule has 19 heavy (non-hydrogen) atoms. The molecule has 0 aliphatic heterocycles. The first-order valence-corrected chi connectivity index (χ1v) is 6.20.